The van der Waals surface area contributed by atoms with E-state index in [-0.39, 0.29) is 5.82 Å². The molecule has 23 heavy (non-hydrogen) atoms. The van der Waals surface area contributed by atoms with Crippen molar-refractivity contribution in [1.82, 2.24) is 24.4 Å². The number of hydrogen-bond acceptors (Lipinski definition) is 3. The Morgan fingerprint density at radius 2 is 1.78 bits per heavy atom. The molecule has 0 N–H and O–H groups in total. The average Bonchev–Trinajstić information content (AvgIpc) is 3.09. The molecule has 0 atom stereocenters. The molecule has 0 spiro atoms. The molecule has 0 amide bonds. The Morgan fingerprint density at radius 1 is 1.00 bits per heavy atom. The van der Waals surface area contributed by atoms with E-state index in [0.717, 1.165) is 33.7 Å². The highest BCUT2D eigenvalue weighted by molar-refractivity contribution is 5.86. The highest BCUT2D eigenvalue weighted by Crippen LogP contribution is 2.32. The monoisotopic (exact) mass is 307 g/mol. The largest absolute Gasteiger partial charge is 0.275 e. The van der Waals surface area contributed by atoms with Gasteiger partial charge in [0.25, 0.3) is 0 Å². The van der Waals surface area contributed by atoms with Crippen LogP contribution in [0.1, 0.15) is 5.69 Å². The van der Waals surface area contributed by atoms with E-state index in [1.165, 1.54) is 12.1 Å². The number of halogens is 1. The van der Waals surface area contributed by atoms with Gasteiger partial charge < -0.3 is 0 Å². The van der Waals surface area contributed by atoms with Crippen molar-refractivity contribution in [3.8, 4) is 22.4 Å². The molecule has 0 radical (unpaired) electrons. The van der Waals surface area contributed by atoms with Gasteiger partial charge in [-0.25, -0.2) is 13.9 Å². The van der Waals surface area contributed by atoms with Gasteiger partial charge in [0.15, 0.2) is 5.65 Å². The number of benzene rings is 1. The van der Waals surface area contributed by atoms with Crippen molar-refractivity contribution < 1.29 is 4.39 Å². The molecule has 6 heteroatoms. The smallest absolute Gasteiger partial charge is 0.161 e. The first kappa shape index (κ1) is 13.6. The third kappa shape index (κ3) is 2.28. The summed E-state index contributed by atoms with van der Waals surface area (Å²) >= 11 is 0. The molecule has 0 unspecified atom stereocenters. The lowest BCUT2D eigenvalue weighted by atomic mass is 10.0. The number of aromatic nitrogens is 5. The maximum atomic E-state index is 13.2. The summed E-state index contributed by atoms with van der Waals surface area (Å²) in [6.45, 7) is 1.93. The minimum Gasteiger partial charge on any atom is -0.275 e. The Bertz CT molecular complexity index is 998. The van der Waals surface area contributed by atoms with E-state index in [2.05, 4.69) is 15.2 Å². The first-order valence-corrected chi connectivity index (χ1v) is 7.23. The highest BCUT2D eigenvalue weighted by Gasteiger charge is 2.16. The fraction of sp³-hybridized carbons (Fsp3) is 0.118. The van der Waals surface area contributed by atoms with Crippen molar-refractivity contribution in [1.29, 1.82) is 0 Å². The number of rotatable bonds is 2. The van der Waals surface area contributed by atoms with Crippen LogP contribution in [0.15, 0.2) is 48.9 Å². The lowest BCUT2D eigenvalue weighted by Gasteiger charge is -2.04. The van der Waals surface area contributed by atoms with E-state index in [1.807, 2.05) is 32.4 Å². The summed E-state index contributed by atoms with van der Waals surface area (Å²) in [6, 6.07) is 8.27. The van der Waals surface area contributed by atoms with Crippen molar-refractivity contribution in [2.24, 2.45) is 7.05 Å². The summed E-state index contributed by atoms with van der Waals surface area (Å²) in [6.07, 6.45) is 5.57. The molecule has 4 aromatic rings. The summed E-state index contributed by atoms with van der Waals surface area (Å²) in [5.41, 5.74) is 5.22. The van der Waals surface area contributed by atoms with E-state index in [9.17, 15) is 4.39 Å². The Labute approximate surface area is 132 Å². The second-order valence-electron chi connectivity index (χ2n) is 5.47. The molecular weight excluding hydrogens is 293 g/mol. The van der Waals surface area contributed by atoms with Gasteiger partial charge in [0.1, 0.15) is 11.5 Å². The molecule has 5 nitrogen and oxygen atoms in total. The van der Waals surface area contributed by atoms with Gasteiger partial charge in [0.05, 0.1) is 11.9 Å². The Balaban J connectivity index is 1.97. The molecule has 0 aliphatic heterocycles. The minimum absolute atomic E-state index is 0.263. The summed E-state index contributed by atoms with van der Waals surface area (Å²) in [5.74, 6) is -0.263. The normalized spacial score (nSPS) is 11.3. The fourth-order valence-corrected chi connectivity index (χ4v) is 2.73. The predicted molar refractivity (Wildman–Crippen MR) is 85.3 cm³/mol. The quantitative estimate of drug-likeness (QED) is 0.571. The van der Waals surface area contributed by atoms with Crippen LogP contribution < -0.4 is 0 Å². The summed E-state index contributed by atoms with van der Waals surface area (Å²) in [7, 11) is 1.87. The van der Waals surface area contributed by atoms with E-state index in [0.29, 0.717) is 0 Å². The van der Waals surface area contributed by atoms with Gasteiger partial charge in [-0.15, -0.1) is 0 Å². The zero-order valence-electron chi connectivity index (χ0n) is 12.7. The van der Waals surface area contributed by atoms with Crippen molar-refractivity contribution in [3.63, 3.8) is 0 Å². The van der Waals surface area contributed by atoms with Crippen molar-refractivity contribution in [3.05, 3.63) is 60.4 Å². The SMILES string of the molecule is Cc1cn2nccc(-c3cn(C)nc3-c3ccc(F)cc3)c2n1. The van der Waals surface area contributed by atoms with Crippen LogP contribution in [0, 0.1) is 12.7 Å². The summed E-state index contributed by atoms with van der Waals surface area (Å²) in [5, 5.41) is 8.82. The predicted octanol–water partition coefficient (Wildman–Crippen LogP) is 3.24. The molecule has 0 fully saturated rings. The van der Waals surface area contributed by atoms with Crippen LogP contribution in [-0.2, 0) is 7.05 Å². The molecule has 0 saturated carbocycles. The number of imidazole rings is 1. The second-order valence-corrected chi connectivity index (χ2v) is 5.47. The van der Waals surface area contributed by atoms with Gasteiger partial charge >= 0.3 is 0 Å². The fourth-order valence-electron chi connectivity index (χ4n) is 2.73. The molecule has 114 valence electrons. The summed E-state index contributed by atoms with van der Waals surface area (Å²) < 4.78 is 16.7. The van der Waals surface area contributed by atoms with Gasteiger partial charge in [0, 0.05) is 36.1 Å². The van der Waals surface area contributed by atoms with Crippen LogP contribution in [0.25, 0.3) is 28.0 Å². The zero-order chi connectivity index (χ0) is 16.0. The van der Waals surface area contributed by atoms with Gasteiger partial charge in [-0.3, -0.25) is 4.68 Å². The number of fused-ring (bicyclic) bond motifs is 1. The van der Waals surface area contributed by atoms with E-state index in [4.69, 9.17) is 0 Å². The Morgan fingerprint density at radius 3 is 2.57 bits per heavy atom. The minimum atomic E-state index is -0.263. The third-order valence-corrected chi connectivity index (χ3v) is 3.72. The van der Waals surface area contributed by atoms with Crippen LogP contribution in [0.3, 0.4) is 0 Å². The Kier molecular flexibility index (Phi) is 2.97. The van der Waals surface area contributed by atoms with Gasteiger partial charge in [-0.1, -0.05) is 0 Å². The Hall–Kier alpha value is -3.02. The van der Waals surface area contributed by atoms with E-state index in [1.54, 1.807) is 27.5 Å². The molecule has 0 aliphatic carbocycles. The zero-order valence-corrected chi connectivity index (χ0v) is 12.7. The lowest BCUT2D eigenvalue weighted by Crippen LogP contribution is -1.92. The first-order valence-electron chi connectivity index (χ1n) is 7.23. The molecule has 0 saturated heterocycles. The van der Waals surface area contributed by atoms with Crippen LogP contribution in [-0.4, -0.2) is 24.4 Å². The number of aryl methyl sites for hydroxylation is 2. The van der Waals surface area contributed by atoms with Gasteiger partial charge in [-0.2, -0.15) is 10.2 Å². The van der Waals surface area contributed by atoms with Crippen molar-refractivity contribution >= 4 is 5.65 Å². The molecule has 3 aromatic heterocycles. The first-order chi connectivity index (χ1) is 11.1. The van der Waals surface area contributed by atoms with Crippen LogP contribution in [0.4, 0.5) is 4.39 Å². The molecule has 1 aromatic carbocycles. The maximum absolute atomic E-state index is 13.2. The second kappa shape index (κ2) is 5.01. The van der Waals surface area contributed by atoms with Crippen molar-refractivity contribution in [2.75, 3.05) is 0 Å². The van der Waals surface area contributed by atoms with E-state index >= 15 is 0 Å². The lowest BCUT2D eigenvalue weighted by molar-refractivity contribution is 0.628. The molecule has 3 heterocycles. The van der Waals surface area contributed by atoms with Gasteiger partial charge in [-0.05, 0) is 37.3 Å². The number of nitrogens with zero attached hydrogens (tertiary/aromatic N) is 5. The maximum Gasteiger partial charge on any atom is 0.161 e. The molecule has 0 bridgehead atoms. The number of hydrogen-bond donors (Lipinski definition) is 0. The van der Waals surface area contributed by atoms with Crippen LogP contribution >= 0.6 is 0 Å². The standard InChI is InChI=1S/C17H14FN5/c1-11-9-23-17(20-11)14(7-8-19-23)15-10-22(2)21-16(15)12-3-5-13(18)6-4-12/h3-10H,1-2H3. The third-order valence-electron chi connectivity index (χ3n) is 3.72. The van der Waals surface area contributed by atoms with E-state index < -0.39 is 0 Å². The molecular formula is C17H14FN5. The molecule has 4 rings (SSSR count). The van der Waals surface area contributed by atoms with Crippen LogP contribution in [0.5, 0.6) is 0 Å². The van der Waals surface area contributed by atoms with Crippen molar-refractivity contribution in [2.45, 2.75) is 6.92 Å². The average molecular weight is 307 g/mol. The highest BCUT2D eigenvalue weighted by atomic mass is 19.1. The molecule has 0 aliphatic rings. The van der Waals surface area contributed by atoms with Gasteiger partial charge in [0.2, 0.25) is 0 Å². The summed E-state index contributed by atoms with van der Waals surface area (Å²) in [4.78, 5) is 4.55. The van der Waals surface area contributed by atoms with Crippen LogP contribution in [0.2, 0.25) is 0 Å². The topological polar surface area (TPSA) is 48.0 Å².